The molecule has 2 aromatic heterocycles. The molecule has 2 aromatic carbocycles. The molecule has 31 heavy (non-hydrogen) atoms. The van der Waals surface area contributed by atoms with E-state index in [1.807, 2.05) is 43.5 Å². The SMILES string of the molecule is COCCn1ccc2c(NC(=O)Cc3c(C)c4ccc(OC)cc4oc3=O)cccc21. The number of carbonyl (C=O) groups is 1. The maximum Gasteiger partial charge on any atom is 0.340 e. The maximum atomic E-state index is 12.8. The molecule has 0 unspecified atom stereocenters. The van der Waals surface area contributed by atoms with Crippen LogP contribution in [0.1, 0.15) is 11.1 Å². The molecule has 7 heteroatoms. The van der Waals surface area contributed by atoms with Gasteiger partial charge >= 0.3 is 5.63 Å². The van der Waals surface area contributed by atoms with Crippen molar-refractivity contribution in [1.82, 2.24) is 4.57 Å². The van der Waals surface area contributed by atoms with E-state index in [-0.39, 0.29) is 12.3 Å². The van der Waals surface area contributed by atoms with Gasteiger partial charge in [-0.25, -0.2) is 4.79 Å². The van der Waals surface area contributed by atoms with Gasteiger partial charge < -0.3 is 23.8 Å². The largest absolute Gasteiger partial charge is 0.497 e. The van der Waals surface area contributed by atoms with Crippen molar-refractivity contribution in [3.8, 4) is 5.75 Å². The number of aryl methyl sites for hydroxylation is 1. The zero-order valence-corrected chi connectivity index (χ0v) is 17.7. The minimum Gasteiger partial charge on any atom is -0.497 e. The third-order valence-electron chi connectivity index (χ3n) is 5.46. The normalized spacial score (nSPS) is 11.2. The number of nitrogens with one attached hydrogen (secondary N) is 1. The number of aromatic nitrogens is 1. The fourth-order valence-electron chi connectivity index (χ4n) is 3.78. The fraction of sp³-hybridized carbons (Fsp3) is 0.250. The van der Waals surface area contributed by atoms with Crippen LogP contribution in [-0.4, -0.2) is 31.3 Å². The standard InChI is InChI=1S/C24H24N2O5/c1-15-17-8-7-16(30-3)13-22(17)31-24(28)19(15)14-23(27)25-20-5-4-6-21-18(20)9-10-26(21)11-12-29-2/h4-10,13H,11-12,14H2,1-3H3,(H,25,27). The third-order valence-corrected chi connectivity index (χ3v) is 5.46. The average molecular weight is 420 g/mol. The van der Waals surface area contributed by atoms with Gasteiger partial charge in [0.1, 0.15) is 11.3 Å². The van der Waals surface area contributed by atoms with E-state index in [0.29, 0.717) is 29.2 Å². The molecule has 4 rings (SSSR count). The first-order valence-electron chi connectivity index (χ1n) is 9.98. The predicted octanol–water partition coefficient (Wildman–Crippen LogP) is 3.89. The maximum absolute atomic E-state index is 12.8. The lowest BCUT2D eigenvalue weighted by Gasteiger charge is -2.11. The molecule has 7 nitrogen and oxygen atoms in total. The summed E-state index contributed by atoms with van der Waals surface area (Å²) in [6, 6.07) is 13.0. The molecule has 1 amide bonds. The van der Waals surface area contributed by atoms with E-state index < -0.39 is 5.63 Å². The summed E-state index contributed by atoms with van der Waals surface area (Å²) in [5, 5.41) is 4.65. The predicted molar refractivity (Wildman–Crippen MR) is 120 cm³/mol. The van der Waals surface area contributed by atoms with Gasteiger partial charge in [-0.1, -0.05) is 6.07 Å². The molecule has 0 radical (unpaired) electrons. The summed E-state index contributed by atoms with van der Waals surface area (Å²) in [6.07, 6.45) is 1.90. The Morgan fingerprint density at radius 2 is 1.97 bits per heavy atom. The van der Waals surface area contributed by atoms with Gasteiger partial charge in [0.25, 0.3) is 0 Å². The Labute approximate surface area is 179 Å². The highest BCUT2D eigenvalue weighted by Crippen LogP contribution is 2.26. The van der Waals surface area contributed by atoms with Gasteiger partial charge in [-0.2, -0.15) is 0 Å². The van der Waals surface area contributed by atoms with E-state index in [4.69, 9.17) is 13.9 Å². The van der Waals surface area contributed by atoms with Crippen LogP contribution in [0.25, 0.3) is 21.9 Å². The quantitative estimate of drug-likeness (QED) is 0.459. The molecular formula is C24H24N2O5. The number of benzene rings is 2. The molecule has 0 fully saturated rings. The lowest BCUT2D eigenvalue weighted by Crippen LogP contribution is -2.20. The Morgan fingerprint density at radius 1 is 1.13 bits per heavy atom. The van der Waals surface area contributed by atoms with Crippen molar-refractivity contribution in [2.24, 2.45) is 0 Å². The second kappa shape index (κ2) is 8.65. The Balaban J connectivity index is 1.60. The number of nitrogens with zero attached hydrogens (tertiary/aromatic N) is 1. The topological polar surface area (TPSA) is 82.7 Å². The number of amides is 1. The number of ether oxygens (including phenoxy) is 2. The first-order chi connectivity index (χ1) is 15.0. The van der Waals surface area contributed by atoms with E-state index in [1.165, 1.54) is 0 Å². The molecule has 160 valence electrons. The highest BCUT2D eigenvalue weighted by atomic mass is 16.5. The highest BCUT2D eigenvalue weighted by Gasteiger charge is 2.16. The van der Waals surface area contributed by atoms with Crippen molar-refractivity contribution in [1.29, 1.82) is 0 Å². The molecule has 0 aliphatic carbocycles. The summed E-state index contributed by atoms with van der Waals surface area (Å²) in [5.74, 6) is 0.325. The van der Waals surface area contributed by atoms with Gasteiger partial charge in [0.15, 0.2) is 0 Å². The van der Waals surface area contributed by atoms with Crippen LogP contribution in [0.5, 0.6) is 5.75 Å². The molecule has 2 heterocycles. The average Bonchev–Trinajstić information content (AvgIpc) is 3.18. The van der Waals surface area contributed by atoms with Gasteiger partial charge in [0.2, 0.25) is 5.91 Å². The van der Waals surface area contributed by atoms with Crippen LogP contribution in [0.2, 0.25) is 0 Å². The van der Waals surface area contributed by atoms with Crippen molar-refractivity contribution >= 4 is 33.5 Å². The summed E-state index contributed by atoms with van der Waals surface area (Å²) in [5.41, 5.74) is 2.70. The summed E-state index contributed by atoms with van der Waals surface area (Å²) in [4.78, 5) is 25.4. The van der Waals surface area contributed by atoms with E-state index >= 15 is 0 Å². The van der Waals surface area contributed by atoms with Crippen molar-refractivity contribution in [3.05, 3.63) is 70.2 Å². The summed E-state index contributed by atoms with van der Waals surface area (Å²) in [7, 11) is 3.22. The number of fused-ring (bicyclic) bond motifs is 2. The molecule has 0 saturated carbocycles. The van der Waals surface area contributed by atoms with Gasteiger partial charge in [-0.3, -0.25) is 4.79 Å². The molecule has 0 bridgehead atoms. The van der Waals surface area contributed by atoms with Crippen LogP contribution in [0, 0.1) is 6.92 Å². The zero-order valence-electron chi connectivity index (χ0n) is 17.7. The minimum atomic E-state index is -0.516. The molecule has 0 aliphatic rings. The molecule has 1 N–H and O–H groups in total. The van der Waals surface area contributed by atoms with Gasteiger partial charge in [-0.05, 0) is 42.8 Å². The van der Waals surface area contributed by atoms with Crippen LogP contribution in [0.15, 0.2) is 57.9 Å². The number of hydrogen-bond donors (Lipinski definition) is 1. The number of methoxy groups -OCH3 is 2. The Kier molecular flexibility index (Phi) is 5.77. The van der Waals surface area contributed by atoms with E-state index in [1.54, 1.807) is 26.4 Å². The second-order valence-electron chi connectivity index (χ2n) is 7.32. The van der Waals surface area contributed by atoms with Gasteiger partial charge in [0.05, 0.1) is 36.9 Å². The molecule has 0 saturated heterocycles. The van der Waals surface area contributed by atoms with Crippen LogP contribution in [-0.2, 0) is 22.5 Å². The lowest BCUT2D eigenvalue weighted by atomic mass is 10.0. The Morgan fingerprint density at radius 3 is 2.74 bits per heavy atom. The zero-order chi connectivity index (χ0) is 22.0. The third kappa shape index (κ3) is 4.04. The molecule has 4 aromatic rings. The Hall–Kier alpha value is -3.58. The molecule has 0 aliphatic heterocycles. The summed E-state index contributed by atoms with van der Waals surface area (Å²) in [6.45, 7) is 3.15. The van der Waals surface area contributed by atoms with Crippen LogP contribution in [0.3, 0.4) is 0 Å². The fourth-order valence-corrected chi connectivity index (χ4v) is 3.78. The molecule has 0 atom stereocenters. The van der Waals surface area contributed by atoms with E-state index in [9.17, 15) is 9.59 Å². The van der Waals surface area contributed by atoms with E-state index in [0.717, 1.165) is 28.4 Å². The van der Waals surface area contributed by atoms with E-state index in [2.05, 4.69) is 9.88 Å². The van der Waals surface area contributed by atoms with Crippen molar-refractivity contribution in [2.45, 2.75) is 19.9 Å². The monoisotopic (exact) mass is 420 g/mol. The number of rotatable bonds is 7. The van der Waals surface area contributed by atoms with Crippen LogP contribution >= 0.6 is 0 Å². The second-order valence-corrected chi connectivity index (χ2v) is 7.32. The van der Waals surface area contributed by atoms with Gasteiger partial charge in [0, 0.05) is 36.7 Å². The smallest absolute Gasteiger partial charge is 0.340 e. The summed E-state index contributed by atoms with van der Waals surface area (Å²) >= 11 is 0. The van der Waals surface area contributed by atoms with Gasteiger partial charge in [-0.15, -0.1) is 0 Å². The molecular weight excluding hydrogens is 396 g/mol. The summed E-state index contributed by atoms with van der Waals surface area (Å²) < 4.78 is 17.9. The highest BCUT2D eigenvalue weighted by molar-refractivity contribution is 6.02. The lowest BCUT2D eigenvalue weighted by molar-refractivity contribution is -0.115. The van der Waals surface area contributed by atoms with Crippen LogP contribution in [0.4, 0.5) is 5.69 Å². The number of anilines is 1. The molecule has 0 spiro atoms. The number of hydrogen-bond acceptors (Lipinski definition) is 5. The minimum absolute atomic E-state index is 0.0725. The Bertz CT molecular complexity index is 1320. The number of carbonyl (C=O) groups excluding carboxylic acids is 1. The van der Waals surface area contributed by atoms with Crippen molar-refractivity contribution in [2.75, 3.05) is 26.1 Å². The van der Waals surface area contributed by atoms with Crippen LogP contribution < -0.4 is 15.7 Å². The van der Waals surface area contributed by atoms with Crippen molar-refractivity contribution in [3.63, 3.8) is 0 Å². The first kappa shape index (κ1) is 20.7. The van der Waals surface area contributed by atoms with Crippen molar-refractivity contribution < 1.29 is 18.7 Å². The first-order valence-corrected chi connectivity index (χ1v) is 9.98.